The highest BCUT2D eigenvalue weighted by molar-refractivity contribution is 6.32. The van der Waals surface area contributed by atoms with Crippen molar-refractivity contribution >= 4 is 40.0 Å². The summed E-state index contributed by atoms with van der Waals surface area (Å²) in [6.07, 6.45) is 3.14. The number of carbonyl (C=O) groups is 3. The smallest absolute Gasteiger partial charge is 0.224 e. The fraction of sp³-hybridized carbons (Fsp3) is 0.400. The number of nitrogens with one attached hydrogen (secondary N) is 2. The summed E-state index contributed by atoms with van der Waals surface area (Å²) >= 11 is 6.44. The third kappa shape index (κ3) is 5.19. The zero-order valence-corrected chi connectivity index (χ0v) is 22.2. The average Bonchev–Trinajstić information content (AvgIpc) is 3.51. The van der Waals surface area contributed by atoms with Crippen molar-refractivity contribution in [3.05, 3.63) is 63.8 Å². The number of aryl methyl sites for hydroxylation is 1. The molecule has 0 spiro atoms. The van der Waals surface area contributed by atoms with E-state index in [0.717, 1.165) is 40.4 Å². The van der Waals surface area contributed by atoms with E-state index in [2.05, 4.69) is 16.4 Å². The highest BCUT2D eigenvalue weighted by Gasteiger charge is 2.37. The number of H-pyrrole nitrogens is 1. The Morgan fingerprint density at radius 3 is 2.74 bits per heavy atom. The Bertz CT molecular complexity index is 1470. The van der Waals surface area contributed by atoms with Gasteiger partial charge in [0.05, 0.1) is 18.9 Å². The number of ketones is 2. The number of ether oxygens (including phenoxy) is 1. The van der Waals surface area contributed by atoms with Gasteiger partial charge in [-0.25, -0.2) is 0 Å². The number of aromatic amines is 1. The van der Waals surface area contributed by atoms with Crippen LogP contribution in [0.1, 0.15) is 65.2 Å². The van der Waals surface area contributed by atoms with E-state index in [1.165, 1.54) is 0 Å². The van der Waals surface area contributed by atoms with Gasteiger partial charge in [0.1, 0.15) is 17.6 Å². The number of hydrogen-bond donors (Lipinski definition) is 2. The van der Waals surface area contributed by atoms with Crippen molar-refractivity contribution in [2.75, 3.05) is 7.11 Å². The van der Waals surface area contributed by atoms with Crippen LogP contribution in [-0.2, 0) is 16.0 Å². The summed E-state index contributed by atoms with van der Waals surface area (Å²) < 4.78 is 5.40. The fourth-order valence-corrected chi connectivity index (χ4v) is 5.87. The number of methoxy groups -OCH3 is 1. The van der Waals surface area contributed by atoms with Crippen LogP contribution in [0.5, 0.6) is 5.75 Å². The third-order valence-corrected chi connectivity index (χ3v) is 8.16. The van der Waals surface area contributed by atoms with Gasteiger partial charge in [-0.3, -0.25) is 14.4 Å². The molecular formula is C30H30ClN3O4. The van der Waals surface area contributed by atoms with Crippen molar-refractivity contribution in [2.45, 2.75) is 57.4 Å². The van der Waals surface area contributed by atoms with E-state index >= 15 is 0 Å². The highest BCUT2D eigenvalue weighted by Crippen LogP contribution is 2.40. The van der Waals surface area contributed by atoms with Gasteiger partial charge in [0, 0.05) is 40.6 Å². The molecule has 0 aliphatic heterocycles. The minimum absolute atomic E-state index is 0.00430. The van der Waals surface area contributed by atoms with E-state index < -0.39 is 17.9 Å². The summed E-state index contributed by atoms with van der Waals surface area (Å²) in [7, 11) is 1.58. The molecule has 0 unspecified atom stereocenters. The predicted molar refractivity (Wildman–Crippen MR) is 144 cm³/mol. The summed E-state index contributed by atoms with van der Waals surface area (Å²) in [6, 6.07) is 12.3. The number of nitriles is 1. The van der Waals surface area contributed by atoms with Crippen LogP contribution >= 0.6 is 11.6 Å². The van der Waals surface area contributed by atoms with Crippen LogP contribution in [-0.4, -0.2) is 35.6 Å². The first-order valence-corrected chi connectivity index (χ1v) is 13.4. The zero-order valence-electron chi connectivity index (χ0n) is 21.5. The molecule has 38 heavy (non-hydrogen) atoms. The number of hydrogen-bond acceptors (Lipinski definition) is 5. The number of rotatable bonds is 10. The van der Waals surface area contributed by atoms with Crippen LogP contribution in [0.25, 0.3) is 10.9 Å². The number of carbonyl (C=O) groups excluding carboxylic acids is 3. The van der Waals surface area contributed by atoms with Gasteiger partial charge in [-0.15, -0.1) is 0 Å². The maximum absolute atomic E-state index is 13.4. The van der Waals surface area contributed by atoms with Gasteiger partial charge in [-0.05, 0) is 66.6 Å². The van der Waals surface area contributed by atoms with Crippen molar-refractivity contribution in [1.82, 2.24) is 10.3 Å². The molecule has 0 bridgehead atoms. The molecule has 7 nitrogen and oxygen atoms in total. The van der Waals surface area contributed by atoms with Crippen LogP contribution < -0.4 is 10.1 Å². The van der Waals surface area contributed by atoms with E-state index in [4.69, 9.17) is 16.3 Å². The second-order valence-electron chi connectivity index (χ2n) is 10.5. The van der Waals surface area contributed by atoms with E-state index in [1.54, 1.807) is 19.2 Å². The number of fused-ring (bicyclic) bond motifs is 2. The lowest BCUT2D eigenvalue weighted by atomic mass is 9.91. The number of nitrogens with zero attached hydrogens (tertiary/aromatic N) is 1. The lowest BCUT2D eigenvalue weighted by molar-refractivity contribution is -0.126. The Morgan fingerprint density at radius 1 is 1.24 bits per heavy atom. The molecule has 8 heteroatoms. The first-order valence-electron chi connectivity index (χ1n) is 13.0. The number of aromatic nitrogens is 1. The van der Waals surface area contributed by atoms with Crippen molar-refractivity contribution in [2.24, 2.45) is 11.8 Å². The first-order chi connectivity index (χ1) is 18.3. The number of benzene rings is 2. The largest absolute Gasteiger partial charge is 0.496 e. The van der Waals surface area contributed by atoms with Crippen molar-refractivity contribution in [3.63, 3.8) is 0 Å². The Hall–Kier alpha value is -3.63. The van der Waals surface area contributed by atoms with Gasteiger partial charge in [-0.1, -0.05) is 36.6 Å². The summed E-state index contributed by atoms with van der Waals surface area (Å²) in [5.74, 6) is -0.508. The molecule has 5 rings (SSSR count). The normalized spacial score (nSPS) is 18.1. The zero-order chi connectivity index (χ0) is 27.0. The van der Waals surface area contributed by atoms with Crippen LogP contribution in [0.15, 0.2) is 36.4 Å². The van der Waals surface area contributed by atoms with Gasteiger partial charge < -0.3 is 15.0 Å². The van der Waals surface area contributed by atoms with Crippen molar-refractivity contribution in [1.29, 1.82) is 5.26 Å². The molecule has 1 fully saturated rings. The van der Waals surface area contributed by atoms with E-state index in [9.17, 15) is 19.6 Å². The van der Waals surface area contributed by atoms with Gasteiger partial charge in [-0.2, -0.15) is 5.26 Å². The summed E-state index contributed by atoms with van der Waals surface area (Å²) in [6.45, 7) is 1.94. The molecule has 2 N–H and O–H groups in total. The molecule has 1 aromatic heterocycles. The van der Waals surface area contributed by atoms with Crippen LogP contribution in [0.2, 0.25) is 5.02 Å². The first kappa shape index (κ1) is 26.0. The van der Waals surface area contributed by atoms with Gasteiger partial charge in [0.25, 0.3) is 0 Å². The van der Waals surface area contributed by atoms with Gasteiger partial charge in [0.15, 0.2) is 5.78 Å². The molecule has 196 valence electrons. The van der Waals surface area contributed by atoms with Crippen molar-refractivity contribution < 1.29 is 19.1 Å². The summed E-state index contributed by atoms with van der Waals surface area (Å²) in [4.78, 5) is 42.6. The maximum atomic E-state index is 13.4. The fourth-order valence-electron chi connectivity index (χ4n) is 5.56. The topological polar surface area (TPSA) is 112 Å². The van der Waals surface area contributed by atoms with E-state index in [0.29, 0.717) is 28.8 Å². The number of Topliss-reactive ketones (excluding diaryl/α,β-unsaturated/α-hetero) is 2. The second kappa shape index (κ2) is 10.6. The maximum Gasteiger partial charge on any atom is 0.224 e. The van der Waals surface area contributed by atoms with Gasteiger partial charge in [0.2, 0.25) is 5.91 Å². The van der Waals surface area contributed by atoms with Crippen LogP contribution in [0, 0.1) is 30.1 Å². The molecule has 0 saturated heterocycles. The Balaban J connectivity index is 1.30. The number of amides is 1. The monoisotopic (exact) mass is 531 g/mol. The Kier molecular flexibility index (Phi) is 7.27. The lowest BCUT2D eigenvalue weighted by Gasteiger charge is -2.21. The molecule has 3 atom stereocenters. The summed E-state index contributed by atoms with van der Waals surface area (Å²) in [5, 5.41) is 14.0. The lowest BCUT2D eigenvalue weighted by Crippen LogP contribution is -2.40. The molecule has 3 aromatic rings. The minimum Gasteiger partial charge on any atom is -0.496 e. The molecule has 1 saturated carbocycles. The van der Waals surface area contributed by atoms with Gasteiger partial charge >= 0.3 is 0 Å². The molecular weight excluding hydrogens is 502 g/mol. The summed E-state index contributed by atoms with van der Waals surface area (Å²) in [5.41, 5.74) is 3.90. The third-order valence-electron chi connectivity index (χ3n) is 7.83. The predicted octanol–water partition coefficient (Wildman–Crippen LogP) is 5.43. The molecule has 2 aliphatic rings. The Labute approximate surface area is 226 Å². The molecule has 2 aliphatic carbocycles. The van der Waals surface area contributed by atoms with E-state index in [1.807, 2.05) is 31.2 Å². The second-order valence-corrected chi connectivity index (χ2v) is 10.9. The van der Waals surface area contributed by atoms with E-state index in [-0.39, 0.29) is 36.7 Å². The van der Waals surface area contributed by atoms with Crippen LogP contribution in [0.3, 0.4) is 0 Å². The van der Waals surface area contributed by atoms with Crippen molar-refractivity contribution in [3.8, 4) is 11.8 Å². The average molecular weight is 532 g/mol. The Morgan fingerprint density at radius 2 is 2.03 bits per heavy atom. The standard InChI is InChI=1S/C30H30ClN3O4/c1-16-6-9-23(31)29-20(16)14-26(35)22(29)12-19(15-32)33-30(37)18(10-17-7-8-17)11-27(36)25-13-21-24(34-25)4-3-5-28(21)38-2/h3-6,9,13,17-19,22,34H,7-8,10-12,14H2,1-2H3,(H,33,37)/t18-,19+,22+/m1/s1. The minimum atomic E-state index is -0.867. The molecule has 2 aromatic carbocycles. The molecule has 1 heterocycles. The highest BCUT2D eigenvalue weighted by atomic mass is 35.5. The van der Waals surface area contributed by atoms with Crippen LogP contribution in [0.4, 0.5) is 0 Å². The number of halogens is 1. The quantitative estimate of drug-likeness (QED) is 0.338. The molecule has 0 radical (unpaired) electrons. The molecule has 1 amide bonds. The SMILES string of the molecule is COc1cccc2[nH]c(C(=O)C[C@@H](CC3CC3)C(=O)N[C@H](C#N)C[C@H]3C(=O)Cc4c(C)ccc(Cl)c43)cc12.